The summed E-state index contributed by atoms with van der Waals surface area (Å²) in [4.78, 5) is 8.83. The van der Waals surface area contributed by atoms with Gasteiger partial charge in [0.1, 0.15) is 11.6 Å². The Kier molecular flexibility index (Phi) is 7.60. The van der Waals surface area contributed by atoms with Gasteiger partial charge in [-0.05, 0) is 59.5 Å². The minimum Gasteiger partial charge on any atom is -0.484 e. The maximum atomic E-state index is 15.2. The Morgan fingerprint density at radius 3 is 2.26 bits per heavy atom. The molecule has 0 N–H and O–H groups in total. The fourth-order valence-electron chi connectivity index (χ4n) is 3.72. The van der Waals surface area contributed by atoms with Crippen molar-refractivity contribution in [1.82, 2.24) is 9.97 Å². The van der Waals surface area contributed by atoms with Crippen LogP contribution in [0.3, 0.4) is 0 Å². The van der Waals surface area contributed by atoms with Gasteiger partial charge in [0.05, 0.1) is 6.61 Å². The molecule has 0 aliphatic heterocycles. The summed E-state index contributed by atoms with van der Waals surface area (Å²) in [7, 11) is 1.65. The van der Waals surface area contributed by atoms with Gasteiger partial charge >= 0.3 is 6.18 Å². The molecule has 3 aromatic carbocycles. The summed E-state index contributed by atoms with van der Waals surface area (Å²) in [6.07, 6.45) is 0.892. The molecular weight excluding hydrogens is 460 g/mol. The predicted molar refractivity (Wildman–Crippen MR) is 126 cm³/mol. The Balaban J connectivity index is 1.43. The van der Waals surface area contributed by atoms with Gasteiger partial charge in [0, 0.05) is 30.5 Å². The standard InChI is InChI=1S/C27H24F4N2O2/c1-34-13-12-19-15-32-26(33-16-19)22-8-11-24-21(14-22)7-6-20(25(24)28)5-2-18-3-9-23(10-4-18)35-17-27(29,30)31/h3-4,6-11,14-16H,2,5,12-13,17H2,1H3. The first kappa shape index (κ1) is 24.6. The lowest BCUT2D eigenvalue weighted by Crippen LogP contribution is -2.19. The van der Waals surface area contributed by atoms with E-state index in [4.69, 9.17) is 9.47 Å². The molecule has 4 aromatic rings. The third-order valence-corrected chi connectivity index (χ3v) is 5.60. The molecule has 182 valence electrons. The van der Waals surface area contributed by atoms with Gasteiger partial charge in [0.2, 0.25) is 0 Å². The van der Waals surface area contributed by atoms with Crippen molar-refractivity contribution in [3.05, 3.63) is 89.5 Å². The van der Waals surface area contributed by atoms with E-state index in [0.717, 1.165) is 28.5 Å². The van der Waals surface area contributed by atoms with Crippen LogP contribution in [0.4, 0.5) is 17.6 Å². The van der Waals surface area contributed by atoms with Crippen molar-refractivity contribution >= 4 is 10.8 Å². The second-order valence-corrected chi connectivity index (χ2v) is 8.18. The van der Waals surface area contributed by atoms with Crippen LogP contribution in [0.15, 0.2) is 67.0 Å². The minimum atomic E-state index is -4.38. The van der Waals surface area contributed by atoms with Crippen LogP contribution in [-0.4, -0.2) is 36.5 Å². The number of aryl methyl sites for hydroxylation is 2. The van der Waals surface area contributed by atoms with Crippen molar-refractivity contribution in [2.75, 3.05) is 20.3 Å². The summed E-state index contributed by atoms with van der Waals surface area (Å²) in [6.45, 7) is -0.732. The largest absolute Gasteiger partial charge is 0.484 e. The van der Waals surface area contributed by atoms with E-state index in [1.54, 1.807) is 49.8 Å². The van der Waals surface area contributed by atoms with Gasteiger partial charge in [-0.25, -0.2) is 14.4 Å². The molecule has 0 aliphatic carbocycles. The van der Waals surface area contributed by atoms with Crippen molar-refractivity contribution < 1.29 is 27.0 Å². The number of aromatic nitrogens is 2. The predicted octanol–water partition coefficient (Wildman–Crippen LogP) is 6.35. The van der Waals surface area contributed by atoms with Crippen LogP contribution in [0.2, 0.25) is 0 Å². The van der Waals surface area contributed by atoms with Gasteiger partial charge in [-0.1, -0.05) is 36.4 Å². The maximum Gasteiger partial charge on any atom is 0.422 e. The Morgan fingerprint density at radius 2 is 1.57 bits per heavy atom. The third kappa shape index (κ3) is 6.54. The van der Waals surface area contributed by atoms with Crippen molar-refractivity contribution in [3.8, 4) is 17.1 Å². The summed E-state index contributed by atoms with van der Waals surface area (Å²) in [5, 5.41) is 1.26. The van der Waals surface area contributed by atoms with Crippen LogP contribution in [0.1, 0.15) is 16.7 Å². The van der Waals surface area contributed by atoms with Gasteiger partial charge in [-0.15, -0.1) is 0 Å². The number of halogens is 4. The number of benzene rings is 3. The Hall–Kier alpha value is -3.52. The molecule has 0 atom stereocenters. The van der Waals surface area contributed by atoms with Crippen molar-refractivity contribution in [2.45, 2.75) is 25.4 Å². The summed E-state index contributed by atoms with van der Waals surface area (Å²) in [6, 6.07) is 15.4. The van der Waals surface area contributed by atoms with Crippen molar-refractivity contribution in [3.63, 3.8) is 0 Å². The molecule has 0 spiro atoms. The number of methoxy groups -OCH3 is 1. The number of rotatable bonds is 9. The summed E-state index contributed by atoms with van der Waals surface area (Å²) in [5.41, 5.74) is 3.23. The van der Waals surface area contributed by atoms with Crippen molar-refractivity contribution in [1.29, 1.82) is 0 Å². The van der Waals surface area contributed by atoms with Gasteiger partial charge in [-0.2, -0.15) is 13.2 Å². The maximum absolute atomic E-state index is 15.2. The molecule has 35 heavy (non-hydrogen) atoms. The molecule has 0 saturated heterocycles. The molecule has 0 amide bonds. The molecular formula is C27H24F4N2O2. The smallest absolute Gasteiger partial charge is 0.422 e. The zero-order chi connectivity index (χ0) is 24.8. The molecule has 8 heteroatoms. The van der Waals surface area contributed by atoms with E-state index in [9.17, 15) is 13.2 Å². The highest BCUT2D eigenvalue weighted by molar-refractivity contribution is 5.87. The first-order valence-electron chi connectivity index (χ1n) is 11.1. The molecule has 4 nitrogen and oxygen atoms in total. The fraction of sp³-hybridized carbons (Fsp3) is 0.259. The Bertz CT molecular complexity index is 1270. The molecule has 0 bridgehead atoms. The minimum absolute atomic E-state index is 0.146. The van der Waals surface area contributed by atoms with E-state index in [-0.39, 0.29) is 11.6 Å². The first-order chi connectivity index (χ1) is 16.8. The van der Waals surface area contributed by atoms with E-state index in [1.165, 1.54) is 12.1 Å². The highest BCUT2D eigenvalue weighted by Crippen LogP contribution is 2.27. The Morgan fingerprint density at radius 1 is 0.829 bits per heavy atom. The van der Waals surface area contributed by atoms with Crippen molar-refractivity contribution in [2.24, 2.45) is 0 Å². The lowest BCUT2D eigenvalue weighted by molar-refractivity contribution is -0.153. The first-order valence-corrected chi connectivity index (χ1v) is 11.1. The molecule has 0 aliphatic rings. The third-order valence-electron chi connectivity index (χ3n) is 5.60. The molecule has 1 heterocycles. The molecule has 0 fully saturated rings. The van der Waals surface area contributed by atoms with E-state index in [1.807, 2.05) is 12.1 Å². The summed E-state index contributed by atoms with van der Waals surface area (Å²) in [5.74, 6) is 0.433. The monoisotopic (exact) mass is 484 g/mol. The molecule has 0 unspecified atom stereocenters. The summed E-state index contributed by atoms with van der Waals surface area (Å²) >= 11 is 0. The van der Waals surface area contributed by atoms with Crippen LogP contribution in [0.25, 0.3) is 22.2 Å². The highest BCUT2D eigenvalue weighted by atomic mass is 19.4. The fourth-order valence-corrected chi connectivity index (χ4v) is 3.72. The van der Waals surface area contributed by atoms with Crippen LogP contribution in [0.5, 0.6) is 5.75 Å². The second-order valence-electron chi connectivity index (χ2n) is 8.18. The van der Waals surface area contributed by atoms with Crippen LogP contribution in [0, 0.1) is 5.82 Å². The number of ether oxygens (including phenoxy) is 2. The lowest BCUT2D eigenvalue weighted by atomic mass is 9.99. The van der Waals surface area contributed by atoms with E-state index in [2.05, 4.69) is 9.97 Å². The van der Waals surface area contributed by atoms with Gasteiger partial charge < -0.3 is 9.47 Å². The van der Waals surface area contributed by atoms with E-state index in [0.29, 0.717) is 36.2 Å². The van der Waals surface area contributed by atoms with E-state index < -0.39 is 12.8 Å². The molecule has 1 aromatic heterocycles. The van der Waals surface area contributed by atoms with Gasteiger partial charge in [0.25, 0.3) is 0 Å². The topological polar surface area (TPSA) is 44.2 Å². The van der Waals surface area contributed by atoms with Gasteiger partial charge in [-0.3, -0.25) is 0 Å². The lowest BCUT2D eigenvalue weighted by Gasteiger charge is -2.10. The van der Waals surface area contributed by atoms with E-state index >= 15 is 4.39 Å². The number of hydrogen-bond acceptors (Lipinski definition) is 4. The SMILES string of the molecule is COCCc1cnc(-c2ccc3c(F)c(CCc4ccc(OCC(F)(F)F)cc4)ccc3c2)nc1. The average molecular weight is 484 g/mol. The zero-order valence-electron chi connectivity index (χ0n) is 19.1. The molecule has 4 rings (SSSR count). The highest BCUT2D eigenvalue weighted by Gasteiger charge is 2.28. The molecule has 0 radical (unpaired) electrons. The number of nitrogens with zero attached hydrogens (tertiary/aromatic N) is 2. The number of hydrogen-bond donors (Lipinski definition) is 0. The zero-order valence-corrected chi connectivity index (χ0v) is 19.1. The van der Waals surface area contributed by atoms with Crippen LogP contribution >= 0.6 is 0 Å². The normalized spacial score (nSPS) is 11.7. The van der Waals surface area contributed by atoms with Crippen LogP contribution < -0.4 is 4.74 Å². The number of fused-ring (bicyclic) bond motifs is 1. The second kappa shape index (κ2) is 10.8. The van der Waals surface area contributed by atoms with Gasteiger partial charge in [0.15, 0.2) is 12.4 Å². The van der Waals surface area contributed by atoms with Crippen LogP contribution in [-0.2, 0) is 24.0 Å². The number of alkyl halides is 3. The average Bonchev–Trinajstić information content (AvgIpc) is 2.86. The quantitative estimate of drug-likeness (QED) is 0.260. The Labute approximate surface area is 200 Å². The summed E-state index contributed by atoms with van der Waals surface area (Å²) < 4.78 is 61.8. The molecule has 0 saturated carbocycles.